The molecule has 5 nitrogen and oxygen atoms in total. The van der Waals surface area contributed by atoms with Crippen molar-refractivity contribution in [3.05, 3.63) is 18.5 Å². The van der Waals surface area contributed by atoms with Crippen LogP contribution in [0.2, 0.25) is 0 Å². The van der Waals surface area contributed by atoms with E-state index < -0.39 is 0 Å². The van der Waals surface area contributed by atoms with Crippen molar-refractivity contribution in [3.8, 4) is 0 Å². The first kappa shape index (κ1) is 8.12. The summed E-state index contributed by atoms with van der Waals surface area (Å²) < 4.78 is 6.77. The molecule has 0 fully saturated rings. The summed E-state index contributed by atoms with van der Waals surface area (Å²) >= 11 is 0. The van der Waals surface area contributed by atoms with E-state index in [4.69, 9.17) is 4.74 Å². The van der Waals surface area contributed by atoms with Gasteiger partial charge in [0.05, 0.1) is 24.9 Å². The third-order valence-electron chi connectivity index (χ3n) is 1.82. The van der Waals surface area contributed by atoms with Gasteiger partial charge in [-0.25, -0.2) is 4.68 Å². The molecule has 2 aromatic rings. The zero-order valence-corrected chi connectivity index (χ0v) is 7.34. The van der Waals surface area contributed by atoms with Crippen LogP contribution in [-0.2, 0) is 11.3 Å². The maximum atomic E-state index is 4.96. The Bertz CT molecular complexity index is 398. The highest BCUT2D eigenvalue weighted by Gasteiger charge is 2.01. The number of pyridine rings is 1. The van der Waals surface area contributed by atoms with Crippen LogP contribution < -0.4 is 0 Å². The maximum Gasteiger partial charge on any atom is 0.131 e. The summed E-state index contributed by atoms with van der Waals surface area (Å²) in [5.74, 6) is 0. The minimum atomic E-state index is 0.640. The van der Waals surface area contributed by atoms with E-state index in [1.165, 1.54) is 0 Å². The summed E-state index contributed by atoms with van der Waals surface area (Å²) in [4.78, 5) is 3.96. The van der Waals surface area contributed by atoms with Gasteiger partial charge in [0.1, 0.15) is 5.52 Å². The highest BCUT2D eigenvalue weighted by molar-refractivity contribution is 5.72. The third-order valence-corrected chi connectivity index (χ3v) is 1.82. The Balaban J connectivity index is 2.35. The molecule has 2 aromatic heterocycles. The molecule has 0 amide bonds. The number of rotatable bonds is 3. The molecule has 0 bridgehead atoms. The number of ether oxygens (including phenoxy) is 1. The lowest BCUT2D eigenvalue weighted by Crippen LogP contribution is -2.05. The van der Waals surface area contributed by atoms with Gasteiger partial charge in [-0.3, -0.25) is 4.98 Å². The summed E-state index contributed by atoms with van der Waals surface area (Å²) in [6.45, 7) is 1.36. The minimum Gasteiger partial charge on any atom is -0.383 e. The van der Waals surface area contributed by atoms with Gasteiger partial charge < -0.3 is 4.74 Å². The fourth-order valence-electron chi connectivity index (χ4n) is 1.17. The first-order valence-electron chi connectivity index (χ1n) is 4.04. The van der Waals surface area contributed by atoms with Crippen LogP contribution in [-0.4, -0.2) is 33.7 Å². The molecule has 13 heavy (non-hydrogen) atoms. The molecule has 2 heterocycles. The summed E-state index contributed by atoms with van der Waals surface area (Å²) in [6, 6.07) is 1.89. The standard InChI is InChI=1S/C8H10N4O/c1-13-5-4-12-8-2-3-9-6-7(8)10-11-12/h2-3,6H,4-5H2,1H3. The number of fused-ring (bicyclic) bond motifs is 1. The lowest BCUT2D eigenvalue weighted by atomic mass is 10.4. The Morgan fingerprint density at radius 1 is 1.54 bits per heavy atom. The molecule has 0 unspecified atom stereocenters. The number of aromatic nitrogens is 4. The molecule has 0 saturated carbocycles. The van der Waals surface area contributed by atoms with Crippen LogP contribution in [0.4, 0.5) is 0 Å². The van der Waals surface area contributed by atoms with Gasteiger partial charge in [0.25, 0.3) is 0 Å². The first-order valence-corrected chi connectivity index (χ1v) is 4.04. The van der Waals surface area contributed by atoms with Crippen molar-refractivity contribution in [1.29, 1.82) is 0 Å². The molecular formula is C8H10N4O. The van der Waals surface area contributed by atoms with E-state index in [1.807, 2.05) is 6.07 Å². The quantitative estimate of drug-likeness (QED) is 0.685. The fourth-order valence-corrected chi connectivity index (χ4v) is 1.17. The predicted molar refractivity (Wildman–Crippen MR) is 47.2 cm³/mol. The molecule has 2 rings (SSSR count). The molecule has 0 aromatic carbocycles. The Morgan fingerprint density at radius 2 is 2.46 bits per heavy atom. The Kier molecular flexibility index (Phi) is 2.18. The summed E-state index contributed by atoms with van der Waals surface area (Å²) in [7, 11) is 1.67. The average molecular weight is 178 g/mol. The van der Waals surface area contributed by atoms with Crippen molar-refractivity contribution < 1.29 is 4.74 Å². The van der Waals surface area contributed by atoms with Crippen LogP contribution in [0.15, 0.2) is 18.5 Å². The largest absolute Gasteiger partial charge is 0.383 e. The van der Waals surface area contributed by atoms with E-state index in [1.54, 1.807) is 24.2 Å². The monoisotopic (exact) mass is 178 g/mol. The molecule has 0 aliphatic rings. The number of hydrogen-bond acceptors (Lipinski definition) is 4. The van der Waals surface area contributed by atoms with Crippen molar-refractivity contribution in [1.82, 2.24) is 20.0 Å². The van der Waals surface area contributed by atoms with Crippen molar-refractivity contribution in [2.24, 2.45) is 0 Å². The molecule has 0 aliphatic carbocycles. The van der Waals surface area contributed by atoms with Gasteiger partial charge in [-0.15, -0.1) is 5.10 Å². The number of methoxy groups -OCH3 is 1. The molecule has 0 aliphatic heterocycles. The van der Waals surface area contributed by atoms with Crippen LogP contribution in [0.25, 0.3) is 11.0 Å². The zero-order valence-electron chi connectivity index (χ0n) is 7.34. The highest BCUT2D eigenvalue weighted by Crippen LogP contribution is 2.07. The topological polar surface area (TPSA) is 52.8 Å². The van der Waals surface area contributed by atoms with E-state index in [9.17, 15) is 0 Å². The van der Waals surface area contributed by atoms with E-state index in [0.717, 1.165) is 17.6 Å². The van der Waals surface area contributed by atoms with Gasteiger partial charge in [-0.1, -0.05) is 5.21 Å². The van der Waals surface area contributed by atoms with Crippen LogP contribution in [0, 0.1) is 0 Å². The minimum absolute atomic E-state index is 0.640. The van der Waals surface area contributed by atoms with E-state index in [0.29, 0.717) is 6.61 Å². The highest BCUT2D eigenvalue weighted by atomic mass is 16.5. The van der Waals surface area contributed by atoms with Gasteiger partial charge >= 0.3 is 0 Å². The van der Waals surface area contributed by atoms with Crippen LogP contribution in [0.1, 0.15) is 0 Å². The van der Waals surface area contributed by atoms with Crippen LogP contribution >= 0.6 is 0 Å². The third kappa shape index (κ3) is 1.50. The Morgan fingerprint density at radius 3 is 3.31 bits per heavy atom. The zero-order chi connectivity index (χ0) is 9.10. The molecule has 0 saturated heterocycles. The van der Waals surface area contributed by atoms with Crippen molar-refractivity contribution >= 4 is 11.0 Å². The van der Waals surface area contributed by atoms with Crippen molar-refractivity contribution in [3.63, 3.8) is 0 Å². The smallest absolute Gasteiger partial charge is 0.131 e. The predicted octanol–water partition coefficient (Wildman–Crippen LogP) is 0.473. The normalized spacial score (nSPS) is 10.8. The van der Waals surface area contributed by atoms with Crippen LogP contribution in [0.5, 0.6) is 0 Å². The SMILES string of the molecule is COCCn1nnc2cnccc21. The molecule has 5 heteroatoms. The van der Waals surface area contributed by atoms with Crippen LogP contribution in [0.3, 0.4) is 0 Å². The summed E-state index contributed by atoms with van der Waals surface area (Å²) in [6.07, 6.45) is 3.43. The van der Waals surface area contributed by atoms with Crippen molar-refractivity contribution in [2.75, 3.05) is 13.7 Å². The van der Waals surface area contributed by atoms with Gasteiger partial charge in [-0.05, 0) is 6.07 Å². The molecule has 0 atom stereocenters. The number of nitrogens with zero attached hydrogens (tertiary/aromatic N) is 4. The van der Waals surface area contributed by atoms with Crippen molar-refractivity contribution in [2.45, 2.75) is 6.54 Å². The van der Waals surface area contributed by atoms with Gasteiger partial charge in [0, 0.05) is 13.3 Å². The second-order valence-electron chi connectivity index (χ2n) is 2.67. The van der Waals surface area contributed by atoms with Gasteiger partial charge in [0.15, 0.2) is 0 Å². The Labute approximate surface area is 75.3 Å². The average Bonchev–Trinajstić information content (AvgIpc) is 2.58. The molecule has 68 valence electrons. The van der Waals surface area contributed by atoms with E-state index in [-0.39, 0.29) is 0 Å². The van der Waals surface area contributed by atoms with E-state index in [2.05, 4.69) is 15.3 Å². The van der Waals surface area contributed by atoms with Gasteiger partial charge in [-0.2, -0.15) is 0 Å². The molecule has 0 spiro atoms. The maximum absolute atomic E-state index is 4.96. The molecule has 0 N–H and O–H groups in total. The lowest BCUT2D eigenvalue weighted by molar-refractivity contribution is 0.184. The van der Waals surface area contributed by atoms with E-state index >= 15 is 0 Å². The summed E-state index contributed by atoms with van der Waals surface area (Å²) in [5, 5.41) is 7.95. The number of hydrogen-bond donors (Lipinski definition) is 0. The molecule has 0 radical (unpaired) electrons. The first-order chi connectivity index (χ1) is 6.42. The second-order valence-corrected chi connectivity index (χ2v) is 2.67. The molecular weight excluding hydrogens is 168 g/mol. The second kappa shape index (κ2) is 3.49. The Hall–Kier alpha value is -1.49. The lowest BCUT2D eigenvalue weighted by Gasteiger charge is -1.99. The fraction of sp³-hybridized carbons (Fsp3) is 0.375. The van der Waals surface area contributed by atoms with Gasteiger partial charge in [0.2, 0.25) is 0 Å². The summed E-state index contributed by atoms with van der Waals surface area (Å²) in [5.41, 5.74) is 1.81.